The lowest BCUT2D eigenvalue weighted by molar-refractivity contribution is -0.143. The molecule has 0 bridgehead atoms. The molecule has 1 heterocycles. The number of carbonyl (C=O) groups is 2. The van der Waals surface area contributed by atoms with Gasteiger partial charge in [0.1, 0.15) is 11.6 Å². The lowest BCUT2D eigenvalue weighted by Gasteiger charge is -2.12. The van der Waals surface area contributed by atoms with E-state index in [2.05, 4.69) is 23.2 Å². The first kappa shape index (κ1) is 17.5. The van der Waals surface area contributed by atoms with E-state index in [0.29, 0.717) is 5.92 Å². The van der Waals surface area contributed by atoms with E-state index >= 15 is 0 Å². The highest BCUT2D eigenvalue weighted by Crippen LogP contribution is 2.20. The number of aromatic nitrogens is 1. The van der Waals surface area contributed by atoms with Crippen molar-refractivity contribution in [2.24, 2.45) is 11.7 Å². The Bertz CT molecular complexity index is 648. The summed E-state index contributed by atoms with van der Waals surface area (Å²) in [7, 11) is 0. The van der Waals surface area contributed by atoms with Crippen molar-refractivity contribution in [3.63, 3.8) is 0 Å². The molecule has 2 N–H and O–H groups in total. The second-order valence-electron chi connectivity index (χ2n) is 5.54. The molecule has 1 amide bonds. The molecule has 6 heteroatoms. The van der Waals surface area contributed by atoms with Gasteiger partial charge in [-0.2, -0.15) is 5.26 Å². The third-order valence-electron chi connectivity index (χ3n) is 3.15. The van der Waals surface area contributed by atoms with Crippen molar-refractivity contribution in [3.8, 4) is 6.07 Å². The van der Waals surface area contributed by atoms with Gasteiger partial charge in [0, 0.05) is 17.9 Å². The fraction of sp³-hybridized carbons (Fsp3) is 0.438. The predicted molar refractivity (Wildman–Crippen MR) is 82.5 cm³/mol. The third kappa shape index (κ3) is 4.48. The van der Waals surface area contributed by atoms with Gasteiger partial charge in [-0.25, -0.2) is 4.79 Å². The van der Waals surface area contributed by atoms with Gasteiger partial charge >= 0.3 is 5.97 Å². The van der Waals surface area contributed by atoms with E-state index < -0.39 is 18.5 Å². The Hall–Kier alpha value is -2.55. The molecular formula is C16H21N3O3. The summed E-state index contributed by atoms with van der Waals surface area (Å²) in [6.45, 7) is 8.48. The molecule has 1 rings (SSSR count). The first-order valence-corrected chi connectivity index (χ1v) is 7.00. The zero-order chi connectivity index (χ0) is 16.9. The largest absolute Gasteiger partial charge is 0.451 e. The summed E-state index contributed by atoms with van der Waals surface area (Å²) in [5.41, 5.74) is 7.56. The van der Waals surface area contributed by atoms with Crippen molar-refractivity contribution in [1.29, 1.82) is 5.26 Å². The van der Waals surface area contributed by atoms with Gasteiger partial charge in [0.15, 0.2) is 6.61 Å². The van der Waals surface area contributed by atoms with Crippen LogP contribution in [0.25, 0.3) is 6.08 Å². The molecule has 0 saturated heterocycles. The lowest BCUT2D eigenvalue weighted by Crippen LogP contribution is -2.21. The molecule has 0 radical (unpaired) electrons. The maximum atomic E-state index is 11.7. The zero-order valence-electron chi connectivity index (χ0n) is 13.3. The van der Waals surface area contributed by atoms with Crippen molar-refractivity contribution in [3.05, 3.63) is 28.6 Å². The minimum atomic E-state index is -0.852. The van der Waals surface area contributed by atoms with E-state index in [-0.39, 0.29) is 5.57 Å². The van der Waals surface area contributed by atoms with Gasteiger partial charge in [0.2, 0.25) is 0 Å². The van der Waals surface area contributed by atoms with Gasteiger partial charge in [-0.05, 0) is 37.5 Å². The van der Waals surface area contributed by atoms with Crippen molar-refractivity contribution < 1.29 is 14.3 Å². The van der Waals surface area contributed by atoms with Crippen LogP contribution in [0.3, 0.4) is 0 Å². The first-order valence-electron chi connectivity index (χ1n) is 7.00. The number of primary amides is 1. The summed E-state index contributed by atoms with van der Waals surface area (Å²) in [6.07, 6.45) is 1.47. The number of hydrogen-bond acceptors (Lipinski definition) is 4. The molecule has 1 aromatic rings. The average Bonchev–Trinajstić information content (AvgIpc) is 2.69. The van der Waals surface area contributed by atoms with Crippen molar-refractivity contribution in [1.82, 2.24) is 4.57 Å². The maximum Gasteiger partial charge on any atom is 0.349 e. The van der Waals surface area contributed by atoms with Crippen molar-refractivity contribution in [2.45, 2.75) is 34.2 Å². The summed E-state index contributed by atoms with van der Waals surface area (Å²) in [5, 5.41) is 9.09. The number of amides is 1. The van der Waals surface area contributed by atoms with Crippen LogP contribution in [0, 0.1) is 31.1 Å². The van der Waals surface area contributed by atoms with Crippen LogP contribution in [-0.4, -0.2) is 23.1 Å². The minimum absolute atomic E-state index is 0.161. The van der Waals surface area contributed by atoms with Gasteiger partial charge in [0.25, 0.3) is 5.91 Å². The molecule has 0 aliphatic heterocycles. The van der Waals surface area contributed by atoms with Gasteiger partial charge in [-0.1, -0.05) is 13.8 Å². The molecule has 0 saturated carbocycles. The average molecular weight is 303 g/mol. The minimum Gasteiger partial charge on any atom is -0.451 e. The van der Waals surface area contributed by atoms with Gasteiger partial charge in [-0.3, -0.25) is 4.79 Å². The highest BCUT2D eigenvalue weighted by atomic mass is 16.5. The Morgan fingerprint density at radius 1 is 1.45 bits per heavy atom. The molecule has 22 heavy (non-hydrogen) atoms. The van der Waals surface area contributed by atoms with Crippen LogP contribution in [0.15, 0.2) is 11.6 Å². The van der Waals surface area contributed by atoms with Crippen LogP contribution < -0.4 is 5.73 Å². The Morgan fingerprint density at radius 2 is 2.09 bits per heavy atom. The normalized spacial score (nSPS) is 11.4. The van der Waals surface area contributed by atoms with Crippen LogP contribution in [0.2, 0.25) is 0 Å². The Morgan fingerprint density at radius 3 is 2.59 bits per heavy atom. The number of nitrogens with two attached hydrogens (primary N) is 1. The van der Waals surface area contributed by atoms with Crippen molar-refractivity contribution in [2.75, 3.05) is 6.61 Å². The van der Waals surface area contributed by atoms with Gasteiger partial charge in [-0.15, -0.1) is 0 Å². The number of nitrogens with zero attached hydrogens (tertiary/aromatic N) is 2. The van der Waals surface area contributed by atoms with E-state index in [1.165, 1.54) is 6.08 Å². The molecule has 6 nitrogen and oxygen atoms in total. The summed E-state index contributed by atoms with van der Waals surface area (Å²) < 4.78 is 6.80. The first-order chi connectivity index (χ1) is 10.3. The van der Waals surface area contributed by atoms with Crippen LogP contribution in [0.5, 0.6) is 0 Å². The molecule has 1 aromatic heterocycles. The van der Waals surface area contributed by atoms with Crippen molar-refractivity contribution >= 4 is 18.0 Å². The SMILES string of the molecule is Cc1cc(C=C(C#N)C(=O)OCC(N)=O)c(C)n1CC(C)C. The number of ether oxygens (including phenoxy) is 1. The summed E-state index contributed by atoms with van der Waals surface area (Å²) in [4.78, 5) is 22.4. The summed E-state index contributed by atoms with van der Waals surface area (Å²) in [6, 6.07) is 3.71. The van der Waals surface area contributed by atoms with Crippen LogP contribution >= 0.6 is 0 Å². The third-order valence-corrected chi connectivity index (χ3v) is 3.15. The maximum absolute atomic E-state index is 11.7. The highest BCUT2D eigenvalue weighted by Gasteiger charge is 2.15. The number of aryl methyl sites for hydroxylation is 1. The molecule has 118 valence electrons. The standard InChI is InChI=1S/C16H21N3O3/c1-10(2)8-19-11(3)5-13(12(19)4)6-14(7-17)16(21)22-9-15(18)20/h5-6,10H,8-9H2,1-4H3,(H2,18,20). The number of nitriles is 1. The van der Waals surface area contributed by atoms with Crippen LogP contribution in [-0.2, 0) is 20.9 Å². The Kier molecular flexibility index (Phi) is 5.93. The number of rotatable bonds is 6. The molecule has 0 fully saturated rings. The highest BCUT2D eigenvalue weighted by molar-refractivity contribution is 5.98. The fourth-order valence-electron chi connectivity index (χ4n) is 2.13. The predicted octanol–water partition coefficient (Wildman–Crippen LogP) is 1.70. The summed E-state index contributed by atoms with van der Waals surface area (Å²) in [5.74, 6) is -1.13. The number of hydrogen-bond donors (Lipinski definition) is 1. The van der Waals surface area contributed by atoms with Gasteiger partial charge in [0.05, 0.1) is 0 Å². The fourth-order valence-corrected chi connectivity index (χ4v) is 2.13. The molecule has 0 atom stereocenters. The summed E-state index contributed by atoms with van der Waals surface area (Å²) >= 11 is 0. The topological polar surface area (TPSA) is 98.1 Å². The lowest BCUT2D eigenvalue weighted by atomic mass is 10.1. The van der Waals surface area contributed by atoms with E-state index in [0.717, 1.165) is 23.5 Å². The van der Waals surface area contributed by atoms with E-state index in [1.54, 1.807) is 6.07 Å². The molecule has 0 unspecified atom stereocenters. The van der Waals surface area contributed by atoms with E-state index in [9.17, 15) is 9.59 Å². The van der Waals surface area contributed by atoms with E-state index in [1.807, 2.05) is 19.9 Å². The molecule has 0 aliphatic rings. The zero-order valence-corrected chi connectivity index (χ0v) is 13.3. The van der Waals surface area contributed by atoms with Crippen LogP contribution in [0.4, 0.5) is 0 Å². The van der Waals surface area contributed by atoms with Crippen LogP contribution in [0.1, 0.15) is 30.8 Å². The Balaban J connectivity index is 3.06. The second kappa shape index (κ2) is 7.46. The quantitative estimate of drug-likeness (QED) is 0.491. The number of esters is 1. The molecule has 0 spiro atoms. The smallest absolute Gasteiger partial charge is 0.349 e. The molecular weight excluding hydrogens is 282 g/mol. The van der Waals surface area contributed by atoms with E-state index in [4.69, 9.17) is 11.0 Å². The van der Waals surface area contributed by atoms with Gasteiger partial charge < -0.3 is 15.0 Å². The monoisotopic (exact) mass is 303 g/mol. The second-order valence-corrected chi connectivity index (χ2v) is 5.54. The number of carbonyl (C=O) groups excluding carboxylic acids is 2. The Labute approximate surface area is 130 Å². The molecule has 0 aromatic carbocycles. The molecule has 0 aliphatic carbocycles.